The zero-order valence-corrected chi connectivity index (χ0v) is 20.6. The number of carbonyl (C=O) groups excluding carboxylic acids is 1. The third-order valence-corrected chi connectivity index (χ3v) is 8.41. The summed E-state index contributed by atoms with van der Waals surface area (Å²) < 4.78 is 5.40. The molecule has 3 N–H and O–H groups in total. The molecule has 1 amide bonds. The van der Waals surface area contributed by atoms with Crippen molar-refractivity contribution < 1.29 is 9.53 Å². The first kappa shape index (κ1) is 23.1. The van der Waals surface area contributed by atoms with Gasteiger partial charge in [0, 0.05) is 50.1 Å². The van der Waals surface area contributed by atoms with E-state index in [0.29, 0.717) is 6.04 Å². The Morgan fingerprint density at radius 2 is 2.06 bits per heavy atom. The molecule has 1 aromatic rings. The van der Waals surface area contributed by atoms with Crippen molar-refractivity contribution in [1.82, 2.24) is 20.8 Å². The Kier molecular flexibility index (Phi) is 7.49. The van der Waals surface area contributed by atoms with Crippen LogP contribution < -0.4 is 16.1 Å². The SMILES string of the molecule is CN(/N=C\NC1CCc2sc(NC(=O)C3CC3)c(CC3CC3)c2C1)NCCN1CCOCC1. The van der Waals surface area contributed by atoms with Gasteiger partial charge in [-0.1, -0.05) is 0 Å². The minimum Gasteiger partial charge on any atom is -0.379 e. The molecule has 0 bridgehead atoms. The van der Waals surface area contributed by atoms with Crippen LogP contribution in [0.1, 0.15) is 48.1 Å². The van der Waals surface area contributed by atoms with E-state index in [1.165, 1.54) is 28.8 Å². The summed E-state index contributed by atoms with van der Waals surface area (Å²) in [6, 6.07) is 0.391. The quantitative estimate of drug-likeness (QED) is 0.259. The third kappa shape index (κ3) is 6.47. The topological polar surface area (TPSA) is 81.2 Å². The highest BCUT2D eigenvalue weighted by molar-refractivity contribution is 7.16. The minimum atomic E-state index is 0.233. The summed E-state index contributed by atoms with van der Waals surface area (Å²) in [6.45, 7) is 5.57. The molecule has 8 nitrogen and oxygen atoms in total. The maximum Gasteiger partial charge on any atom is 0.228 e. The lowest BCUT2D eigenvalue weighted by Crippen LogP contribution is -2.43. The van der Waals surface area contributed by atoms with Crippen LogP contribution >= 0.6 is 11.3 Å². The van der Waals surface area contributed by atoms with Crippen molar-refractivity contribution >= 4 is 28.6 Å². The van der Waals surface area contributed by atoms with E-state index in [2.05, 4.69) is 26.1 Å². The molecule has 1 saturated heterocycles. The standard InChI is InChI=1S/C24H38N6O2S/c1-29(26-8-9-30-10-12-32-13-11-30)27-16-25-19-6-7-22-20(15-19)21(14-17-2-3-17)24(33-22)28-23(31)18-4-5-18/h16-19,26H,2-15H2,1H3,(H,25,27)(H,28,31). The predicted molar refractivity (Wildman–Crippen MR) is 133 cm³/mol. The van der Waals surface area contributed by atoms with Gasteiger partial charge < -0.3 is 15.4 Å². The van der Waals surface area contributed by atoms with E-state index in [9.17, 15) is 4.79 Å². The number of rotatable bonds is 11. The van der Waals surface area contributed by atoms with Gasteiger partial charge in [-0.2, -0.15) is 5.10 Å². The van der Waals surface area contributed by atoms with Crippen molar-refractivity contribution in [2.24, 2.45) is 16.9 Å². The highest BCUT2D eigenvalue weighted by Crippen LogP contribution is 2.44. The number of aryl methyl sites for hydroxylation is 1. The fraction of sp³-hybridized carbons (Fsp3) is 0.750. The number of amides is 1. The average Bonchev–Trinajstić information content (AvgIpc) is 3.74. The molecule has 182 valence electrons. The number of hydrazone groups is 1. The lowest BCUT2D eigenvalue weighted by Gasteiger charge is -2.27. The van der Waals surface area contributed by atoms with Crippen molar-refractivity contribution in [3.8, 4) is 0 Å². The van der Waals surface area contributed by atoms with Crippen LogP contribution in [0.15, 0.2) is 5.10 Å². The Hall–Kier alpha value is -1.68. The van der Waals surface area contributed by atoms with Crippen LogP contribution in [0.2, 0.25) is 0 Å². The molecule has 0 spiro atoms. The normalized spacial score (nSPS) is 23.5. The van der Waals surface area contributed by atoms with Crippen molar-refractivity contribution in [3.63, 3.8) is 0 Å². The van der Waals surface area contributed by atoms with Gasteiger partial charge in [0.25, 0.3) is 0 Å². The molecule has 3 fully saturated rings. The number of hydrogen-bond donors (Lipinski definition) is 3. The Balaban J connectivity index is 1.11. The van der Waals surface area contributed by atoms with E-state index in [1.54, 1.807) is 5.12 Å². The number of fused-ring (bicyclic) bond motifs is 1. The zero-order chi connectivity index (χ0) is 22.6. The predicted octanol–water partition coefficient (Wildman–Crippen LogP) is 2.21. The number of hydrogen-bond acceptors (Lipinski definition) is 7. The van der Waals surface area contributed by atoms with Gasteiger partial charge >= 0.3 is 0 Å². The van der Waals surface area contributed by atoms with Crippen LogP contribution in [-0.4, -0.2) is 74.7 Å². The maximum atomic E-state index is 12.4. The first-order chi connectivity index (χ1) is 16.2. The Bertz CT molecular complexity index is 844. The van der Waals surface area contributed by atoms with Crippen LogP contribution in [0.25, 0.3) is 0 Å². The van der Waals surface area contributed by atoms with E-state index < -0.39 is 0 Å². The fourth-order valence-corrected chi connectivity index (χ4v) is 6.01. The maximum absolute atomic E-state index is 12.4. The third-order valence-electron chi connectivity index (χ3n) is 7.16. The van der Waals surface area contributed by atoms with Crippen LogP contribution in [0.4, 0.5) is 5.00 Å². The highest BCUT2D eigenvalue weighted by Gasteiger charge is 2.33. The van der Waals surface area contributed by atoms with Gasteiger partial charge in [-0.05, 0) is 68.4 Å². The molecule has 1 atom stereocenters. The second-order valence-corrected chi connectivity index (χ2v) is 11.1. The molecule has 1 unspecified atom stereocenters. The molecule has 5 rings (SSSR count). The van der Waals surface area contributed by atoms with Gasteiger partial charge in [0.1, 0.15) is 6.34 Å². The van der Waals surface area contributed by atoms with Crippen molar-refractivity contribution in [2.75, 3.05) is 51.8 Å². The average molecular weight is 475 g/mol. The van der Waals surface area contributed by atoms with Gasteiger partial charge in [-0.15, -0.1) is 11.3 Å². The molecule has 2 saturated carbocycles. The van der Waals surface area contributed by atoms with Crippen molar-refractivity contribution in [1.29, 1.82) is 0 Å². The smallest absolute Gasteiger partial charge is 0.228 e. The lowest BCUT2D eigenvalue weighted by atomic mass is 9.90. The molecule has 2 heterocycles. The summed E-state index contributed by atoms with van der Waals surface area (Å²) in [4.78, 5) is 16.3. The summed E-state index contributed by atoms with van der Waals surface area (Å²) >= 11 is 1.83. The monoisotopic (exact) mass is 474 g/mol. The second kappa shape index (κ2) is 10.7. The molecule has 9 heteroatoms. The van der Waals surface area contributed by atoms with E-state index in [4.69, 9.17) is 4.74 Å². The highest BCUT2D eigenvalue weighted by atomic mass is 32.1. The van der Waals surface area contributed by atoms with Gasteiger partial charge in [0.05, 0.1) is 18.2 Å². The fourth-order valence-electron chi connectivity index (χ4n) is 4.73. The summed E-state index contributed by atoms with van der Waals surface area (Å²) in [7, 11) is 1.94. The molecule has 3 aliphatic carbocycles. The number of carbonyl (C=O) groups is 1. The number of thiophene rings is 1. The van der Waals surface area contributed by atoms with E-state index >= 15 is 0 Å². The van der Waals surface area contributed by atoms with Gasteiger partial charge in [-0.3, -0.25) is 9.69 Å². The number of anilines is 1. The number of ether oxygens (including phenoxy) is 1. The van der Waals surface area contributed by atoms with E-state index in [0.717, 1.165) is 88.8 Å². The van der Waals surface area contributed by atoms with E-state index in [1.807, 2.05) is 24.7 Å². The zero-order valence-electron chi connectivity index (χ0n) is 19.8. The van der Waals surface area contributed by atoms with Gasteiger partial charge in [0.15, 0.2) is 0 Å². The molecule has 0 aromatic carbocycles. The largest absolute Gasteiger partial charge is 0.379 e. The van der Waals surface area contributed by atoms with Crippen LogP contribution in [-0.2, 0) is 28.8 Å². The van der Waals surface area contributed by atoms with Crippen LogP contribution in [0.5, 0.6) is 0 Å². The molecular weight excluding hydrogens is 436 g/mol. The molecule has 1 aromatic heterocycles. The molecule has 0 radical (unpaired) electrons. The first-order valence-corrected chi connectivity index (χ1v) is 13.5. The van der Waals surface area contributed by atoms with Crippen LogP contribution in [0, 0.1) is 11.8 Å². The number of hydrazine groups is 1. The molecule has 4 aliphatic rings. The van der Waals surface area contributed by atoms with Crippen molar-refractivity contribution in [3.05, 3.63) is 16.0 Å². The first-order valence-electron chi connectivity index (χ1n) is 12.7. The summed E-state index contributed by atoms with van der Waals surface area (Å²) in [5.41, 5.74) is 6.25. The van der Waals surface area contributed by atoms with Gasteiger partial charge in [-0.25, -0.2) is 10.5 Å². The summed E-state index contributed by atoms with van der Waals surface area (Å²) in [5.74, 6) is 1.30. The lowest BCUT2D eigenvalue weighted by molar-refractivity contribution is -0.117. The Morgan fingerprint density at radius 1 is 1.24 bits per heavy atom. The number of nitrogens with zero attached hydrogens (tertiary/aromatic N) is 3. The second-order valence-electron chi connectivity index (χ2n) is 9.96. The van der Waals surface area contributed by atoms with Crippen molar-refractivity contribution in [2.45, 2.75) is 57.4 Å². The molecule has 33 heavy (non-hydrogen) atoms. The molecule has 1 aliphatic heterocycles. The van der Waals surface area contributed by atoms with E-state index in [-0.39, 0.29) is 11.8 Å². The van der Waals surface area contributed by atoms with Gasteiger partial charge in [0.2, 0.25) is 5.91 Å². The Morgan fingerprint density at radius 3 is 2.82 bits per heavy atom. The summed E-state index contributed by atoms with van der Waals surface area (Å²) in [5, 5.41) is 14.2. The number of morpholine rings is 1. The summed E-state index contributed by atoms with van der Waals surface area (Å²) in [6.07, 6.45) is 10.9. The minimum absolute atomic E-state index is 0.233. The Labute approximate surface area is 201 Å². The molecular formula is C24H38N6O2S. The van der Waals surface area contributed by atoms with Crippen LogP contribution in [0.3, 0.4) is 0 Å². The number of nitrogens with one attached hydrogen (secondary N) is 3.